The first-order valence-electron chi connectivity index (χ1n) is 4.73. The number of carbonyl (C=O) groups is 2. The lowest BCUT2D eigenvalue weighted by atomic mass is 10.1. The van der Waals surface area contributed by atoms with E-state index in [-0.39, 0.29) is 12.3 Å². The topological polar surface area (TPSA) is 58.2 Å². The molecule has 1 rings (SSSR count). The van der Waals surface area contributed by atoms with Gasteiger partial charge in [-0.25, -0.2) is 0 Å². The second kappa shape index (κ2) is 6.45. The maximum atomic E-state index is 11.3. The average Bonchev–Trinajstić information content (AvgIpc) is 2.28. The molecular formula is C11H11BN2O2. The molecule has 0 atom stereocenters. The van der Waals surface area contributed by atoms with E-state index in [0.29, 0.717) is 0 Å². The summed E-state index contributed by atoms with van der Waals surface area (Å²) < 4.78 is 0. The summed E-state index contributed by atoms with van der Waals surface area (Å²) in [6.07, 6.45) is 1.33. The fourth-order valence-electron chi connectivity index (χ4n) is 1.09. The standard InChI is InChI=1S/C11H11BN2O2/c12-7-6-10(15)13-14-11(16)8-9-4-2-1-3-5-9/h1-7H,8H2,(H,13,15)(H,14,16)/b7-6-. The molecule has 1 aromatic rings. The normalized spacial score (nSPS) is 10.0. The summed E-state index contributed by atoms with van der Waals surface area (Å²) in [5.74, 6) is 0.340. The Morgan fingerprint density at radius 1 is 1.19 bits per heavy atom. The van der Waals surface area contributed by atoms with Gasteiger partial charge in [0.2, 0.25) is 5.91 Å². The molecule has 0 aromatic heterocycles. The summed E-state index contributed by atoms with van der Waals surface area (Å²) in [4.78, 5) is 22.2. The molecule has 0 aliphatic rings. The van der Waals surface area contributed by atoms with Gasteiger partial charge in [0, 0.05) is 0 Å². The highest BCUT2D eigenvalue weighted by atomic mass is 16.2. The van der Waals surface area contributed by atoms with Crippen molar-refractivity contribution in [3.05, 3.63) is 47.9 Å². The Balaban J connectivity index is 2.34. The van der Waals surface area contributed by atoms with Crippen molar-refractivity contribution in [3.63, 3.8) is 0 Å². The van der Waals surface area contributed by atoms with Crippen molar-refractivity contribution in [1.29, 1.82) is 0 Å². The summed E-state index contributed by atoms with van der Waals surface area (Å²) in [5, 5.41) is 0. The lowest BCUT2D eigenvalue weighted by molar-refractivity contribution is -0.126. The van der Waals surface area contributed by atoms with Crippen LogP contribution in [0, 0.1) is 0 Å². The summed E-state index contributed by atoms with van der Waals surface area (Å²) in [6, 6.07) is 9.23. The predicted octanol–water partition coefficient (Wildman–Crippen LogP) is 0.0587. The Morgan fingerprint density at radius 2 is 1.88 bits per heavy atom. The molecule has 0 aliphatic carbocycles. The quantitative estimate of drug-likeness (QED) is 0.424. The van der Waals surface area contributed by atoms with E-state index < -0.39 is 5.91 Å². The van der Waals surface area contributed by atoms with E-state index in [4.69, 9.17) is 7.85 Å². The van der Waals surface area contributed by atoms with Crippen LogP contribution in [0.2, 0.25) is 0 Å². The Kier molecular flexibility index (Phi) is 4.85. The Labute approximate surface area is 95.1 Å². The largest absolute Gasteiger partial charge is 0.273 e. The van der Waals surface area contributed by atoms with Gasteiger partial charge in [-0.3, -0.25) is 20.4 Å². The Hall–Kier alpha value is -2.04. The van der Waals surface area contributed by atoms with Gasteiger partial charge in [-0.2, -0.15) is 0 Å². The monoisotopic (exact) mass is 214 g/mol. The lowest BCUT2D eigenvalue weighted by Crippen LogP contribution is -2.41. The molecule has 5 heteroatoms. The van der Waals surface area contributed by atoms with Crippen molar-refractivity contribution in [1.82, 2.24) is 10.9 Å². The second-order valence-corrected chi connectivity index (χ2v) is 3.06. The molecular weight excluding hydrogens is 203 g/mol. The van der Waals surface area contributed by atoms with Crippen molar-refractivity contribution in [2.24, 2.45) is 0 Å². The average molecular weight is 214 g/mol. The zero-order valence-electron chi connectivity index (χ0n) is 8.64. The summed E-state index contributed by atoms with van der Waals surface area (Å²) >= 11 is 0. The molecule has 0 unspecified atom stereocenters. The zero-order chi connectivity index (χ0) is 11.8. The highest BCUT2D eigenvalue weighted by Crippen LogP contribution is 1.98. The Morgan fingerprint density at radius 3 is 2.50 bits per heavy atom. The lowest BCUT2D eigenvalue weighted by Gasteiger charge is -2.04. The highest BCUT2D eigenvalue weighted by Gasteiger charge is 2.02. The first-order valence-corrected chi connectivity index (χ1v) is 4.73. The third-order valence-electron chi connectivity index (χ3n) is 1.78. The fraction of sp³-hybridized carbons (Fsp3) is 0.0909. The molecule has 0 bridgehead atoms. The van der Waals surface area contributed by atoms with Crippen LogP contribution in [-0.2, 0) is 16.0 Å². The van der Waals surface area contributed by atoms with Gasteiger partial charge in [0.05, 0.1) is 6.42 Å². The molecule has 0 saturated carbocycles. The van der Waals surface area contributed by atoms with Crippen LogP contribution in [0.1, 0.15) is 5.56 Å². The number of hydrogen-bond acceptors (Lipinski definition) is 2. The second-order valence-electron chi connectivity index (χ2n) is 3.06. The van der Waals surface area contributed by atoms with E-state index in [2.05, 4.69) is 10.9 Å². The van der Waals surface area contributed by atoms with Gasteiger partial charge >= 0.3 is 0 Å². The van der Waals surface area contributed by atoms with E-state index in [1.807, 2.05) is 30.3 Å². The van der Waals surface area contributed by atoms with Gasteiger partial charge in [0.15, 0.2) is 0 Å². The van der Waals surface area contributed by atoms with Crippen molar-refractivity contribution in [3.8, 4) is 0 Å². The highest BCUT2D eigenvalue weighted by molar-refractivity contribution is 6.19. The van der Waals surface area contributed by atoms with Crippen molar-refractivity contribution < 1.29 is 9.59 Å². The molecule has 80 valence electrons. The van der Waals surface area contributed by atoms with Crippen LogP contribution in [0.5, 0.6) is 0 Å². The van der Waals surface area contributed by atoms with Gasteiger partial charge in [-0.1, -0.05) is 30.3 Å². The first kappa shape index (κ1) is 12.0. The zero-order valence-corrected chi connectivity index (χ0v) is 8.64. The van der Waals surface area contributed by atoms with E-state index in [0.717, 1.165) is 17.6 Å². The minimum Gasteiger partial charge on any atom is -0.273 e. The summed E-state index contributed by atoms with van der Waals surface area (Å²) in [7, 11) is 5.01. The predicted molar refractivity (Wildman–Crippen MR) is 61.3 cm³/mol. The number of hydrazine groups is 1. The Bertz CT molecular complexity index is 390. The molecule has 0 saturated heterocycles. The van der Waals surface area contributed by atoms with E-state index in [9.17, 15) is 9.59 Å². The molecule has 2 N–H and O–H groups in total. The SMILES string of the molecule is [B]/C=C\C(=O)NNC(=O)Cc1ccccc1. The minimum absolute atomic E-state index is 0.216. The maximum Gasteiger partial charge on any atom is 0.261 e. The molecule has 1 aromatic carbocycles. The van der Waals surface area contributed by atoms with Gasteiger partial charge < -0.3 is 0 Å². The van der Waals surface area contributed by atoms with Gasteiger partial charge in [0.25, 0.3) is 5.91 Å². The molecule has 2 amide bonds. The fourth-order valence-corrected chi connectivity index (χ4v) is 1.09. The van der Waals surface area contributed by atoms with E-state index >= 15 is 0 Å². The van der Waals surface area contributed by atoms with Crippen LogP contribution in [0.4, 0.5) is 0 Å². The molecule has 4 nitrogen and oxygen atoms in total. The van der Waals surface area contributed by atoms with Crippen LogP contribution < -0.4 is 10.9 Å². The van der Waals surface area contributed by atoms with Gasteiger partial charge in [-0.15, -0.1) is 5.98 Å². The minimum atomic E-state index is -0.469. The number of amides is 2. The van der Waals surface area contributed by atoms with Gasteiger partial charge in [0.1, 0.15) is 7.85 Å². The molecule has 0 heterocycles. The van der Waals surface area contributed by atoms with Crippen LogP contribution >= 0.6 is 0 Å². The number of carbonyl (C=O) groups excluding carboxylic acids is 2. The third kappa shape index (κ3) is 4.46. The molecule has 2 radical (unpaired) electrons. The molecule has 0 spiro atoms. The molecule has 0 aliphatic heterocycles. The number of nitrogens with one attached hydrogen (secondary N) is 2. The van der Waals surface area contributed by atoms with Crippen molar-refractivity contribution in [2.45, 2.75) is 6.42 Å². The number of hydrogen-bond donors (Lipinski definition) is 2. The molecule has 16 heavy (non-hydrogen) atoms. The number of rotatable bonds is 3. The molecule has 0 fully saturated rings. The van der Waals surface area contributed by atoms with Crippen LogP contribution in [0.15, 0.2) is 42.4 Å². The summed E-state index contributed by atoms with van der Waals surface area (Å²) in [6.45, 7) is 0. The van der Waals surface area contributed by atoms with Crippen LogP contribution in [-0.4, -0.2) is 19.7 Å². The van der Waals surface area contributed by atoms with E-state index in [1.54, 1.807) is 0 Å². The third-order valence-corrected chi connectivity index (χ3v) is 1.78. The summed E-state index contributed by atoms with van der Waals surface area (Å²) in [5.41, 5.74) is 5.35. The van der Waals surface area contributed by atoms with Gasteiger partial charge in [-0.05, 0) is 11.6 Å². The van der Waals surface area contributed by atoms with Crippen LogP contribution in [0.3, 0.4) is 0 Å². The van der Waals surface area contributed by atoms with Crippen molar-refractivity contribution in [2.75, 3.05) is 0 Å². The van der Waals surface area contributed by atoms with E-state index in [1.165, 1.54) is 0 Å². The number of benzene rings is 1. The first-order chi connectivity index (χ1) is 7.72. The van der Waals surface area contributed by atoms with Crippen LogP contribution in [0.25, 0.3) is 0 Å². The van der Waals surface area contributed by atoms with Crippen molar-refractivity contribution >= 4 is 19.7 Å². The maximum absolute atomic E-state index is 11.3. The smallest absolute Gasteiger partial charge is 0.261 e.